The number of hydrogen-bond acceptors (Lipinski definition) is 3. The number of fused-ring (bicyclic) bond motifs is 1. The van der Waals surface area contributed by atoms with Gasteiger partial charge in [-0.05, 0) is 19.1 Å². The molecule has 0 fully saturated rings. The Morgan fingerprint density at radius 3 is 3.12 bits per heavy atom. The van der Waals surface area contributed by atoms with Gasteiger partial charge in [-0.3, -0.25) is 10.4 Å². The highest BCUT2D eigenvalue weighted by molar-refractivity contribution is 6.01. The lowest BCUT2D eigenvalue weighted by Gasteiger charge is -1.98. The molecule has 0 aliphatic rings. The van der Waals surface area contributed by atoms with Gasteiger partial charge in [0.1, 0.15) is 0 Å². The van der Waals surface area contributed by atoms with Crippen LogP contribution in [-0.2, 0) is 0 Å². The molecule has 0 aromatic carbocycles. The van der Waals surface area contributed by atoms with E-state index in [4.69, 9.17) is 11.1 Å². The molecule has 0 aliphatic carbocycles. The largest absolute Gasteiger partial charge is 0.369 e. The van der Waals surface area contributed by atoms with Crippen LogP contribution < -0.4 is 11.2 Å². The first-order valence-electron chi connectivity index (χ1n) is 4.74. The van der Waals surface area contributed by atoms with Crippen LogP contribution in [0.2, 0.25) is 0 Å². The van der Waals surface area contributed by atoms with Gasteiger partial charge in [0.2, 0.25) is 5.96 Å². The van der Waals surface area contributed by atoms with E-state index in [1.165, 1.54) is 0 Å². The highest BCUT2D eigenvalue weighted by Crippen LogP contribution is 2.13. The van der Waals surface area contributed by atoms with Gasteiger partial charge in [-0.1, -0.05) is 0 Å². The second kappa shape index (κ2) is 4.01. The minimum Gasteiger partial charge on any atom is -0.369 e. The summed E-state index contributed by atoms with van der Waals surface area (Å²) >= 11 is 0. The molecule has 0 saturated carbocycles. The van der Waals surface area contributed by atoms with Gasteiger partial charge < -0.3 is 10.7 Å². The Hall–Kier alpha value is -2.37. The van der Waals surface area contributed by atoms with Gasteiger partial charge in [0, 0.05) is 11.6 Å². The van der Waals surface area contributed by atoms with Crippen LogP contribution in [0.4, 0.5) is 0 Å². The molecule has 82 valence electrons. The van der Waals surface area contributed by atoms with Crippen molar-refractivity contribution in [3.8, 4) is 0 Å². The van der Waals surface area contributed by atoms with E-state index in [2.05, 4.69) is 20.5 Å². The topological polar surface area (TPSA) is 103 Å². The van der Waals surface area contributed by atoms with Gasteiger partial charge in [0.25, 0.3) is 0 Å². The number of aromatic nitrogens is 2. The third-order valence-electron chi connectivity index (χ3n) is 2.16. The summed E-state index contributed by atoms with van der Waals surface area (Å²) < 4.78 is 0. The normalized spacial score (nSPS) is 11.7. The number of H-pyrrole nitrogens is 1. The summed E-state index contributed by atoms with van der Waals surface area (Å²) in [6.45, 7) is 1.83. The number of hydrazone groups is 1. The van der Waals surface area contributed by atoms with Crippen molar-refractivity contribution in [2.75, 3.05) is 0 Å². The van der Waals surface area contributed by atoms with Crippen LogP contribution in [0.15, 0.2) is 29.6 Å². The van der Waals surface area contributed by atoms with Crippen molar-refractivity contribution in [3.63, 3.8) is 0 Å². The standard InChI is InChI=1S/C10H12N6/c1-6(15-16-10(11)12)8-4-7-2-3-13-5-9(7)14-8/h2-5,14H,1H3,(H4,11,12,16)/b15-6+. The fraction of sp³-hybridized carbons (Fsp3) is 0.100. The van der Waals surface area contributed by atoms with Crippen LogP contribution in [0.5, 0.6) is 0 Å². The highest BCUT2D eigenvalue weighted by atomic mass is 15.3. The molecule has 6 heteroatoms. The number of hydrogen-bond donors (Lipinski definition) is 4. The minimum absolute atomic E-state index is 0.183. The molecular weight excluding hydrogens is 204 g/mol. The van der Waals surface area contributed by atoms with Gasteiger partial charge in [-0.15, -0.1) is 0 Å². The monoisotopic (exact) mass is 216 g/mol. The Morgan fingerprint density at radius 2 is 2.44 bits per heavy atom. The number of aromatic amines is 1. The van der Waals surface area contributed by atoms with E-state index >= 15 is 0 Å². The molecule has 0 spiro atoms. The van der Waals surface area contributed by atoms with Crippen LogP contribution in [-0.4, -0.2) is 21.6 Å². The Balaban J connectivity index is 2.33. The van der Waals surface area contributed by atoms with E-state index in [9.17, 15) is 0 Å². The molecule has 2 aromatic rings. The maximum Gasteiger partial charge on any atom is 0.206 e. The Kier molecular flexibility index (Phi) is 2.55. The number of nitrogens with one attached hydrogen (secondary N) is 3. The second-order valence-electron chi connectivity index (χ2n) is 3.37. The molecule has 16 heavy (non-hydrogen) atoms. The number of pyridine rings is 1. The SMILES string of the molecule is C/C(=N\NC(=N)N)c1cc2ccncc2[nH]1. The molecule has 6 nitrogen and oxygen atoms in total. The molecular formula is C10H12N6. The van der Waals surface area contributed by atoms with Crippen LogP contribution in [0.3, 0.4) is 0 Å². The zero-order valence-electron chi connectivity index (χ0n) is 8.78. The van der Waals surface area contributed by atoms with Gasteiger partial charge in [0.15, 0.2) is 0 Å². The Morgan fingerprint density at radius 1 is 1.62 bits per heavy atom. The van der Waals surface area contributed by atoms with Crippen LogP contribution in [0.25, 0.3) is 10.9 Å². The predicted molar refractivity (Wildman–Crippen MR) is 63.4 cm³/mol. The third-order valence-corrected chi connectivity index (χ3v) is 2.16. The molecule has 2 heterocycles. The minimum atomic E-state index is -0.183. The van der Waals surface area contributed by atoms with Gasteiger partial charge >= 0.3 is 0 Å². The molecule has 0 atom stereocenters. The third kappa shape index (κ3) is 2.00. The zero-order chi connectivity index (χ0) is 11.5. The van der Waals surface area contributed by atoms with Crippen molar-refractivity contribution < 1.29 is 0 Å². The molecule has 5 N–H and O–H groups in total. The lowest BCUT2D eigenvalue weighted by atomic mass is 10.2. The number of nitrogens with two attached hydrogens (primary N) is 1. The second-order valence-corrected chi connectivity index (χ2v) is 3.37. The Bertz CT molecular complexity index is 520. The molecule has 0 amide bonds. The number of rotatable bonds is 2. The maximum absolute atomic E-state index is 7.00. The van der Waals surface area contributed by atoms with Gasteiger partial charge in [-0.2, -0.15) is 5.10 Å². The first-order valence-corrected chi connectivity index (χ1v) is 4.74. The molecule has 2 aromatic heterocycles. The summed E-state index contributed by atoms with van der Waals surface area (Å²) in [5.74, 6) is -0.183. The molecule has 2 rings (SSSR count). The Labute approximate surface area is 92.1 Å². The van der Waals surface area contributed by atoms with E-state index in [0.29, 0.717) is 0 Å². The molecule has 0 bridgehead atoms. The summed E-state index contributed by atoms with van der Waals surface area (Å²) in [6, 6.07) is 3.89. The smallest absolute Gasteiger partial charge is 0.206 e. The number of nitrogens with zero attached hydrogens (tertiary/aromatic N) is 2. The highest BCUT2D eigenvalue weighted by Gasteiger charge is 2.03. The van der Waals surface area contributed by atoms with E-state index in [1.54, 1.807) is 12.4 Å². The quantitative estimate of drug-likeness (QED) is 0.338. The van der Waals surface area contributed by atoms with E-state index in [1.807, 2.05) is 19.1 Å². The lowest BCUT2D eigenvalue weighted by Crippen LogP contribution is -2.26. The van der Waals surface area contributed by atoms with E-state index < -0.39 is 0 Å². The van der Waals surface area contributed by atoms with Crippen LogP contribution in [0, 0.1) is 5.41 Å². The van der Waals surface area contributed by atoms with Crippen LogP contribution in [0.1, 0.15) is 12.6 Å². The predicted octanol–water partition coefficient (Wildman–Crippen LogP) is 0.770. The fourth-order valence-corrected chi connectivity index (χ4v) is 1.37. The number of guanidine groups is 1. The first kappa shape index (κ1) is 10.2. The van der Waals surface area contributed by atoms with Gasteiger partial charge in [0.05, 0.1) is 23.1 Å². The average molecular weight is 216 g/mol. The fourth-order valence-electron chi connectivity index (χ4n) is 1.37. The molecule has 0 radical (unpaired) electrons. The summed E-state index contributed by atoms with van der Waals surface area (Å²) in [5.41, 5.74) is 10.1. The van der Waals surface area contributed by atoms with E-state index in [0.717, 1.165) is 22.3 Å². The van der Waals surface area contributed by atoms with Crippen molar-refractivity contribution in [3.05, 3.63) is 30.2 Å². The van der Waals surface area contributed by atoms with E-state index in [-0.39, 0.29) is 5.96 Å². The van der Waals surface area contributed by atoms with Gasteiger partial charge in [-0.25, -0.2) is 5.43 Å². The summed E-state index contributed by atoms with van der Waals surface area (Å²) in [7, 11) is 0. The van der Waals surface area contributed by atoms with Crippen molar-refractivity contribution >= 4 is 22.6 Å². The zero-order valence-corrected chi connectivity index (χ0v) is 8.78. The maximum atomic E-state index is 7.00. The molecule has 0 aliphatic heterocycles. The summed E-state index contributed by atoms with van der Waals surface area (Å²) in [6.07, 6.45) is 3.49. The summed E-state index contributed by atoms with van der Waals surface area (Å²) in [5, 5.41) is 12.0. The molecule has 0 unspecified atom stereocenters. The van der Waals surface area contributed by atoms with Crippen LogP contribution >= 0.6 is 0 Å². The lowest BCUT2D eigenvalue weighted by molar-refractivity contribution is 0.990. The van der Waals surface area contributed by atoms with Crippen molar-refractivity contribution in [1.82, 2.24) is 15.4 Å². The first-order chi connectivity index (χ1) is 7.66. The average Bonchev–Trinajstić information content (AvgIpc) is 2.69. The molecule has 0 saturated heterocycles. The van der Waals surface area contributed by atoms with Crippen molar-refractivity contribution in [1.29, 1.82) is 5.41 Å². The summed E-state index contributed by atoms with van der Waals surface area (Å²) in [4.78, 5) is 7.19. The van der Waals surface area contributed by atoms with Crippen molar-refractivity contribution in [2.45, 2.75) is 6.92 Å². The van der Waals surface area contributed by atoms with Crippen molar-refractivity contribution in [2.24, 2.45) is 10.8 Å².